The lowest BCUT2D eigenvalue weighted by Crippen LogP contribution is -2.30. The van der Waals surface area contributed by atoms with Crippen LogP contribution < -0.4 is 0 Å². The fourth-order valence-corrected chi connectivity index (χ4v) is 6.49. The van der Waals surface area contributed by atoms with E-state index in [0.29, 0.717) is 38.5 Å². The molecular formula is C54H102O13. The number of ether oxygens (including phenoxy) is 4. The van der Waals surface area contributed by atoms with Crippen LogP contribution in [0.3, 0.4) is 0 Å². The highest BCUT2D eigenvalue weighted by atomic mass is 16.6. The topological polar surface area (TPSA) is 214 Å². The lowest BCUT2D eigenvalue weighted by molar-refractivity contribution is -0.166. The van der Waals surface area contributed by atoms with E-state index in [-0.39, 0.29) is 62.2 Å². The molecule has 0 fully saturated rings. The van der Waals surface area contributed by atoms with E-state index in [9.17, 15) is 24.0 Å². The van der Waals surface area contributed by atoms with Gasteiger partial charge in [0.2, 0.25) is 0 Å². The van der Waals surface area contributed by atoms with Crippen molar-refractivity contribution in [2.45, 2.75) is 265 Å². The number of hydrogen-bond acceptors (Lipinski definition) is 11. The molecule has 0 amide bonds. The van der Waals surface area contributed by atoms with E-state index in [1.165, 1.54) is 116 Å². The van der Waals surface area contributed by atoms with E-state index in [1.54, 1.807) is 0 Å². The van der Waals surface area contributed by atoms with E-state index in [0.717, 1.165) is 57.8 Å². The van der Waals surface area contributed by atoms with Crippen LogP contribution in [0.15, 0.2) is 24.3 Å². The van der Waals surface area contributed by atoms with Crippen LogP contribution in [0.5, 0.6) is 0 Å². The Labute approximate surface area is 408 Å². The maximum Gasteiger partial charge on any atom is 0.306 e. The quantitative estimate of drug-likeness (QED) is 0.0225. The van der Waals surface area contributed by atoms with Crippen molar-refractivity contribution in [2.24, 2.45) is 0 Å². The van der Waals surface area contributed by atoms with E-state index in [1.807, 2.05) is 20.8 Å². The Bertz CT molecular complexity index is 1160. The zero-order valence-electron chi connectivity index (χ0n) is 43.4. The number of esters is 4. The van der Waals surface area contributed by atoms with Crippen molar-refractivity contribution in [2.75, 3.05) is 26.4 Å². The Hall–Kier alpha value is -3.29. The number of aliphatic hydroxyl groups is 2. The molecule has 0 rings (SSSR count). The van der Waals surface area contributed by atoms with Crippen LogP contribution in [0, 0.1) is 0 Å². The van der Waals surface area contributed by atoms with Gasteiger partial charge in [0.1, 0.15) is 25.9 Å². The molecule has 13 nitrogen and oxygen atoms in total. The summed E-state index contributed by atoms with van der Waals surface area (Å²) in [6.07, 6.45) is 43.0. The third kappa shape index (κ3) is 62.7. The Morgan fingerprint density at radius 1 is 0.403 bits per heavy atom. The molecule has 2 atom stereocenters. The molecule has 0 saturated heterocycles. The first-order valence-corrected chi connectivity index (χ1v) is 26.5. The Kier molecular flexibility index (Phi) is 61.7. The highest BCUT2D eigenvalue weighted by Crippen LogP contribution is 2.13. The van der Waals surface area contributed by atoms with Crippen LogP contribution in [0.2, 0.25) is 0 Å². The summed E-state index contributed by atoms with van der Waals surface area (Å²) >= 11 is 0. The van der Waals surface area contributed by atoms with Crippen molar-refractivity contribution in [3.05, 3.63) is 24.3 Å². The molecule has 0 aromatic rings. The second-order valence-electron chi connectivity index (χ2n) is 17.3. The third-order valence-corrected chi connectivity index (χ3v) is 10.5. The largest absolute Gasteiger partial charge is 0.481 e. The second-order valence-corrected chi connectivity index (χ2v) is 17.3. The smallest absolute Gasteiger partial charge is 0.306 e. The van der Waals surface area contributed by atoms with Crippen LogP contribution in [-0.4, -0.2) is 89.3 Å². The van der Waals surface area contributed by atoms with Gasteiger partial charge in [-0.25, -0.2) is 0 Å². The van der Waals surface area contributed by atoms with Crippen molar-refractivity contribution >= 4 is 29.8 Å². The zero-order chi connectivity index (χ0) is 49.6. The lowest BCUT2D eigenvalue weighted by Gasteiger charge is -2.18. The molecule has 0 aliphatic rings. The Morgan fingerprint density at radius 3 is 1.04 bits per heavy atom. The third-order valence-electron chi connectivity index (χ3n) is 10.5. The van der Waals surface area contributed by atoms with E-state index in [4.69, 9.17) is 34.3 Å². The summed E-state index contributed by atoms with van der Waals surface area (Å²) in [7, 11) is 0. The number of aliphatic carboxylic acids is 1. The number of carboxylic acids is 1. The average Bonchev–Trinajstić information content (AvgIpc) is 3.29. The number of aliphatic hydroxyl groups excluding tert-OH is 2. The SMILES string of the molecule is CCCC(=O)O.CCCCCCCC/C=C\CCCCCCCC(=O)OCC(O)CO.CCCCCCCCC=CCCCCCCCC(=O)OCC(COC(=O)CCC)OC(=O)CCC.O. The molecule has 0 aliphatic heterocycles. The van der Waals surface area contributed by atoms with Crippen LogP contribution in [-0.2, 0) is 42.9 Å². The summed E-state index contributed by atoms with van der Waals surface area (Å²) < 4.78 is 20.6. The van der Waals surface area contributed by atoms with Gasteiger partial charge >= 0.3 is 29.8 Å². The number of unbranched alkanes of at least 4 members (excludes halogenated alkanes) is 22. The monoisotopic (exact) mass is 959 g/mol. The maximum atomic E-state index is 12.1. The minimum atomic E-state index is -0.960. The van der Waals surface area contributed by atoms with Gasteiger partial charge in [-0.3, -0.25) is 24.0 Å². The summed E-state index contributed by atoms with van der Waals surface area (Å²) in [6.45, 7) is 9.45. The fourth-order valence-electron chi connectivity index (χ4n) is 6.49. The number of allylic oxidation sites excluding steroid dienone is 4. The van der Waals surface area contributed by atoms with Gasteiger partial charge in [0, 0.05) is 32.1 Å². The molecule has 13 heteroatoms. The normalized spacial score (nSPS) is 11.7. The highest BCUT2D eigenvalue weighted by molar-refractivity contribution is 5.71. The first-order valence-electron chi connectivity index (χ1n) is 26.5. The van der Waals surface area contributed by atoms with E-state index >= 15 is 0 Å². The zero-order valence-corrected chi connectivity index (χ0v) is 43.4. The number of hydrogen-bond donors (Lipinski definition) is 3. The fraction of sp³-hybridized carbons (Fsp3) is 0.833. The summed E-state index contributed by atoms with van der Waals surface area (Å²) in [5.74, 6) is -2.03. The molecule has 5 N–H and O–H groups in total. The van der Waals surface area contributed by atoms with Gasteiger partial charge in [-0.05, 0) is 83.5 Å². The van der Waals surface area contributed by atoms with Gasteiger partial charge in [-0.1, -0.05) is 162 Å². The average molecular weight is 959 g/mol. The summed E-state index contributed by atoms with van der Waals surface area (Å²) in [5.41, 5.74) is 0. The molecule has 2 unspecified atom stereocenters. The van der Waals surface area contributed by atoms with Gasteiger partial charge < -0.3 is 39.7 Å². The van der Waals surface area contributed by atoms with Crippen LogP contribution in [0.1, 0.15) is 253 Å². The van der Waals surface area contributed by atoms with E-state index < -0.39 is 18.2 Å². The summed E-state index contributed by atoms with van der Waals surface area (Å²) in [5, 5.41) is 25.6. The van der Waals surface area contributed by atoms with Gasteiger partial charge in [-0.2, -0.15) is 0 Å². The minimum Gasteiger partial charge on any atom is -0.481 e. The summed E-state index contributed by atoms with van der Waals surface area (Å²) in [6, 6.07) is 0. The predicted molar refractivity (Wildman–Crippen MR) is 271 cm³/mol. The molecule has 0 aliphatic carbocycles. The summed E-state index contributed by atoms with van der Waals surface area (Å²) in [4.78, 5) is 56.4. The van der Waals surface area contributed by atoms with Crippen LogP contribution >= 0.6 is 0 Å². The maximum absolute atomic E-state index is 12.1. The molecule has 0 spiro atoms. The molecule has 0 radical (unpaired) electrons. The molecular weight excluding hydrogens is 857 g/mol. The molecule has 67 heavy (non-hydrogen) atoms. The predicted octanol–water partition coefficient (Wildman–Crippen LogP) is 12.6. The minimum absolute atomic E-state index is 0. The first-order chi connectivity index (χ1) is 32.0. The Balaban J connectivity index is -0.000000541. The van der Waals surface area contributed by atoms with E-state index in [2.05, 4.69) is 38.2 Å². The molecule has 0 heterocycles. The van der Waals surface area contributed by atoms with Crippen LogP contribution in [0.25, 0.3) is 0 Å². The number of carboxylic acid groups (broad SMARTS) is 1. The van der Waals surface area contributed by atoms with Crippen molar-refractivity contribution in [1.29, 1.82) is 0 Å². The number of rotatable bonds is 44. The van der Waals surface area contributed by atoms with Crippen molar-refractivity contribution in [1.82, 2.24) is 0 Å². The van der Waals surface area contributed by atoms with Gasteiger partial charge in [-0.15, -0.1) is 0 Å². The molecule has 0 saturated carbocycles. The van der Waals surface area contributed by atoms with Crippen molar-refractivity contribution in [3.8, 4) is 0 Å². The Morgan fingerprint density at radius 2 is 0.716 bits per heavy atom. The van der Waals surface area contributed by atoms with Crippen LogP contribution in [0.4, 0.5) is 0 Å². The second kappa shape index (κ2) is 58.8. The van der Waals surface area contributed by atoms with Gasteiger partial charge in [0.05, 0.1) is 6.61 Å². The molecule has 396 valence electrons. The van der Waals surface area contributed by atoms with Gasteiger partial charge in [0.25, 0.3) is 0 Å². The first kappa shape index (κ1) is 70.3. The molecule has 0 aromatic heterocycles. The molecule has 0 aromatic carbocycles. The van der Waals surface area contributed by atoms with Crippen molar-refractivity contribution in [3.63, 3.8) is 0 Å². The number of carbonyl (C=O) groups is 5. The van der Waals surface area contributed by atoms with Crippen molar-refractivity contribution < 1.29 is 63.7 Å². The van der Waals surface area contributed by atoms with Gasteiger partial charge in [0.15, 0.2) is 6.10 Å². The molecule has 0 bridgehead atoms. The number of carbonyl (C=O) groups excluding carboxylic acids is 4. The highest BCUT2D eigenvalue weighted by Gasteiger charge is 2.19. The standard InChI is InChI=1S/C29H52O6.C21H40O4.C4H8O2.H2O/c1-4-7-8-9-10-11-12-13-14-15-16-17-18-19-20-23-28(31)34-25-26(35-29(32)22-6-3)24-33-27(30)21-5-2;1-2-3-4-5-6-7-8-9-10-11-12-13-14-15-16-17-21(24)25-19-20(23)18-22;1-2-3-4(5)6;/h13-14,26H,4-12,15-25H2,1-3H3;9-10,20,22-23H,2-8,11-19H2,1H3;2-3H2,1H3,(H,5,6);1H2/b;10-9-;;. The lowest BCUT2D eigenvalue weighted by atomic mass is 10.1.